The molecular weight excluding hydrogens is 297 g/mol. The molecule has 2 heterocycles. The highest BCUT2D eigenvalue weighted by molar-refractivity contribution is 6.01. The summed E-state index contributed by atoms with van der Waals surface area (Å²) in [5.74, 6) is -0.574. The first-order valence-electron chi connectivity index (χ1n) is 7.59. The molecule has 23 heavy (non-hydrogen) atoms. The second kappa shape index (κ2) is 4.54. The van der Waals surface area contributed by atoms with Crippen LogP contribution in [0.1, 0.15) is 42.4 Å². The SMILES string of the molecule is CC1(C)CC(=O)c2cc(-c3ccc(F)cc3)n3c2C1OC(=O)C3. The van der Waals surface area contributed by atoms with E-state index in [1.807, 2.05) is 18.4 Å². The van der Waals surface area contributed by atoms with Crippen LogP contribution in [-0.4, -0.2) is 16.3 Å². The van der Waals surface area contributed by atoms with Crippen molar-refractivity contribution in [1.82, 2.24) is 4.57 Å². The van der Waals surface area contributed by atoms with Gasteiger partial charge in [0.2, 0.25) is 0 Å². The van der Waals surface area contributed by atoms with E-state index in [-0.39, 0.29) is 24.1 Å². The molecular formula is C18H16FNO3. The Balaban J connectivity index is 1.96. The van der Waals surface area contributed by atoms with Gasteiger partial charge in [0.1, 0.15) is 18.5 Å². The molecule has 0 saturated carbocycles. The van der Waals surface area contributed by atoms with Crippen LogP contribution in [0.4, 0.5) is 4.39 Å². The number of esters is 1. The van der Waals surface area contributed by atoms with E-state index in [2.05, 4.69) is 0 Å². The molecule has 0 amide bonds. The molecule has 118 valence electrons. The van der Waals surface area contributed by atoms with E-state index < -0.39 is 11.5 Å². The maximum Gasteiger partial charge on any atom is 0.326 e. The molecule has 4 nitrogen and oxygen atoms in total. The predicted octanol–water partition coefficient (Wildman–Crippen LogP) is 3.50. The minimum Gasteiger partial charge on any atom is -0.454 e. The van der Waals surface area contributed by atoms with Crippen LogP contribution < -0.4 is 0 Å². The molecule has 2 aromatic rings. The number of nitrogens with zero attached hydrogens (tertiary/aromatic N) is 1. The molecule has 0 radical (unpaired) electrons. The summed E-state index contributed by atoms with van der Waals surface area (Å²) in [7, 11) is 0. The number of ether oxygens (including phenoxy) is 1. The summed E-state index contributed by atoms with van der Waals surface area (Å²) in [4.78, 5) is 24.6. The van der Waals surface area contributed by atoms with E-state index in [0.717, 1.165) is 17.0 Å². The van der Waals surface area contributed by atoms with Gasteiger partial charge in [0.25, 0.3) is 0 Å². The van der Waals surface area contributed by atoms with Crippen molar-refractivity contribution in [2.45, 2.75) is 32.9 Å². The summed E-state index contributed by atoms with van der Waals surface area (Å²) in [6, 6.07) is 7.86. The van der Waals surface area contributed by atoms with Crippen LogP contribution in [0.3, 0.4) is 0 Å². The average molecular weight is 313 g/mol. The lowest BCUT2D eigenvalue weighted by atomic mass is 9.73. The monoisotopic (exact) mass is 313 g/mol. The summed E-state index contributed by atoms with van der Waals surface area (Å²) in [5, 5.41) is 0. The summed E-state index contributed by atoms with van der Waals surface area (Å²) < 4.78 is 20.6. The number of carbonyl (C=O) groups excluding carboxylic acids is 2. The average Bonchev–Trinajstić information content (AvgIpc) is 2.85. The van der Waals surface area contributed by atoms with Crippen LogP contribution in [0.5, 0.6) is 0 Å². The van der Waals surface area contributed by atoms with Crippen LogP contribution in [-0.2, 0) is 16.1 Å². The van der Waals surface area contributed by atoms with E-state index in [1.54, 1.807) is 18.2 Å². The van der Waals surface area contributed by atoms with Gasteiger partial charge in [-0.15, -0.1) is 0 Å². The Labute approximate surface area is 132 Å². The molecule has 0 spiro atoms. The number of ketones is 1. The van der Waals surface area contributed by atoms with Crippen LogP contribution in [0.25, 0.3) is 11.3 Å². The van der Waals surface area contributed by atoms with Gasteiger partial charge < -0.3 is 9.30 Å². The summed E-state index contributed by atoms with van der Waals surface area (Å²) in [6.45, 7) is 3.94. The lowest BCUT2D eigenvalue weighted by Crippen LogP contribution is -2.40. The molecule has 1 atom stereocenters. The van der Waals surface area contributed by atoms with Gasteiger partial charge in [-0.1, -0.05) is 13.8 Å². The lowest BCUT2D eigenvalue weighted by Gasteiger charge is -2.40. The van der Waals surface area contributed by atoms with Gasteiger partial charge in [-0.3, -0.25) is 9.59 Å². The highest BCUT2D eigenvalue weighted by atomic mass is 19.1. The molecule has 1 aromatic carbocycles. The van der Waals surface area contributed by atoms with E-state index in [1.165, 1.54) is 12.1 Å². The van der Waals surface area contributed by atoms with Crippen molar-refractivity contribution >= 4 is 11.8 Å². The van der Waals surface area contributed by atoms with Crippen molar-refractivity contribution in [3.05, 3.63) is 47.4 Å². The van der Waals surface area contributed by atoms with Gasteiger partial charge >= 0.3 is 5.97 Å². The third kappa shape index (κ3) is 2.03. The topological polar surface area (TPSA) is 48.3 Å². The third-order valence-corrected chi connectivity index (χ3v) is 4.69. The van der Waals surface area contributed by atoms with E-state index in [0.29, 0.717) is 12.0 Å². The zero-order chi connectivity index (χ0) is 16.4. The highest BCUT2D eigenvalue weighted by Crippen LogP contribution is 2.49. The molecule has 1 aromatic heterocycles. The Morgan fingerprint density at radius 3 is 2.61 bits per heavy atom. The first-order valence-corrected chi connectivity index (χ1v) is 7.59. The Kier molecular flexibility index (Phi) is 2.80. The maximum atomic E-state index is 13.2. The quantitative estimate of drug-likeness (QED) is 0.757. The fourth-order valence-corrected chi connectivity index (χ4v) is 3.59. The first kappa shape index (κ1) is 14.2. The van der Waals surface area contributed by atoms with Gasteiger partial charge in [0.15, 0.2) is 5.78 Å². The fraction of sp³-hybridized carbons (Fsp3) is 0.333. The molecule has 0 fully saturated rings. The van der Waals surface area contributed by atoms with E-state index in [9.17, 15) is 14.0 Å². The number of hydrogen-bond donors (Lipinski definition) is 0. The Bertz CT molecular complexity index is 833. The van der Waals surface area contributed by atoms with Crippen molar-refractivity contribution in [2.24, 2.45) is 5.41 Å². The smallest absolute Gasteiger partial charge is 0.326 e. The van der Waals surface area contributed by atoms with Crippen molar-refractivity contribution in [1.29, 1.82) is 0 Å². The standard InChI is InChI=1S/C18H16FNO3/c1-18(2)8-14(21)12-7-13(10-3-5-11(19)6-4-10)20-9-15(22)23-17(18)16(12)20/h3-7,17H,8-9H2,1-2H3. The molecule has 4 rings (SSSR count). The van der Waals surface area contributed by atoms with Crippen molar-refractivity contribution in [3.8, 4) is 11.3 Å². The second-order valence-corrected chi connectivity index (χ2v) is 6.88. The number of aromatic nitrogens is 1. The largest absolute Gasteiger partial charge is 0.454 e. The number of Topliss-reactive ketones (excluding diaryl/α,β-unsaturated/α-hetero) is 1. The second-order valence-electron chi connectivity index (χ2n) is 6.88. The van der Waals surface area contributed by atoms with Crippen molar-refractivity contribution in [3.63, 3.8) is 0 Å². The van der Waals surface area contributed by atoms with E-state index in [4.69, 9.17) is 4.74 Å². The van der Waals surface area contributed by atoms with Crippen LogP contribution in [0.15, 0.2) is 30.3 Å². The number of benzene rings is 1. The number of rotatable bonds is 1. The first-order chi connectivity index (χ1) is 10.9. The summed E-state index contributed by atoms with van der Waals surface area (Å²) >= 11 is 0. The molecule has 2 aliphatic rings. The van der Waals surface area contributed by atoms with Crippen LogP contribution in [0, 0.1) is 11.2 Å². The lowest BCUT2D eigenvalue weighted by molar-refractivity contribution is -0.161. The van der Waals surface area contributed by atoms with Gasteiger partial charge in [-0.05, 0) is 35.9 Å². The highest BCUT2D eigenvalue weighted by Gasteiger charge is 2.47. The van der Waals surface area contributed by atoms with Gasteiger partial charge in [0, 0.05) is 23.1 Å². The summed E-state index contributed by atoms with van der Waals surface area (Å²) in [6.07, 6.45) is -0.0872. The molecule has 0 N–H and O–H groups in total. The van der Waals surface area contributed by atoms with Crippen molar-refractivity contribution < 1.29 is 18.7 Å². The third-order valence-electron chi connectivity index (χ3n) is 4.69. The Hall–Kier alpha value is -2.43. The van der Waals surface area contributed by atoms with Crippen LogP contribution in [0.2, 0.25) is 0 Å². The maximum absolute atomic E-state index is 13.2. The number of hydrogen-bond acceptors (Lipinski definition) is 3. The fourth-order valence-electron chi connectivity index (χ4n) is 3.59. The number of halogens is 1. The normalized spacial score (nSPS) is 21.8. The van der Waals surface area contributed by atoms with Crippen molar-refractivity contribution in [2.75, 3.05) is 0 Å². The minimum absolute atomic E-state index is 0.0568. The number of carbonyl (C=O) groups is 2. The molecule has 0 bridgehead atoms. The molecule has 1 aliphatic carbocycles. The Morgan fingerprint density at radius 2 is 1.91 bits per heavy atom. The van der Waals surface area contributed by atoms with Gasteiger partial charge in [0.05, 0.1) is 5.69 Å². The minimum atomic E-state index is -0.434. The summed E-state index contributed by atoms with van der Waals surface area (Å²) in [5.41, 5.74) is 2.48. The molecule has 0 saturated heterocycles. The molecule has 1 aliphatic heterocycles. The van der Waals surface area contributed by atoms with E-state index >= 15 is 0 Å². The van der Waals surface area contributed by atoms with Crippen LogP contribution >= 0.6 is 0 Å². The Morgan fingerprint density at radius 1 is 1.22 bits per heavy atom. The zero-order valence-corrected chi connectivity index (χ0v) is 12.9. The van der Waals surface area contributed by atoms with Gasteiger partial charge in [-0.25, -0.2) is 4.39 Å². The zero-order valence-electron chi connectivity index (χ0n) is 12.9. The predicted molar refractivity (Wildman–Crippen MR) is 81.4 cm³/mol. The van der Waals surface area contributed by atoms with Gasteiger partial charge in [-0.2, -0.15) is 0 Å². The molecule has 1 unspecified atom stereocenters. The molecule has 5 heteroatoms.